The predicted octanol–water partition coefficient (Wildman–Crippen LogP) is 3.15. The Kier molecular flexibility index (Phi) is 3.78. The van der Waals surface area contributed by atoms with Gasteiger partial charge in [0.1, 0.15) is 0 Å². The van der Waals surface area contributed by atoms with Crippen LogP contribution in [-0.4, -0.2) is 24.5 Å². The van der Waals surface area contributed by atoms with Gasteiger partial charge in [-0.05, 0) is 43.7 Å². The van der Waals surface area contributed by atoms with Gasteiger partial charge in [-0.3, -0.25) is 0 Å². The summed E-state index contributed by atoms with van der Waals surface area (Å²) >= 11 is 0. The Morgan fingerprint density at radius 2 is 1.69 bits per heavy atom. The Balaban J connectivity index is 2.31. The van der Waals surface area contributed by atoms with Crippen molar-refractivity contribution < 1.29 is 0 Å². The van der Waals surface area contributed by atoms with E-state index in [0.29, 0.717) is 5.41 Å². The summed E-state index contributed by atoms with van der Waals surface area (Å²) < 4.78 is 0. The van der Waals surface area contributed by atoms with Gasteiger partial charge in [-0.1, -0.05) is 27.7 Å². The van der Waals surface area contributed by atoms with Crippen LogP contribution in [-0.2, 0) is 0 Å². The SMILES string of the molecule is CC(C)CC(C)(C)CN1CCCC1. The third-order valence-corrected chi connectivity index (χ3v) is 2.81. The highest BCUT2D eigenvalue weighted by atomic mass is 15.1. The molecule has 1 heterocycles. The summed E-state index contributed by atoms with van der Waals surface area (Å²) in [6.45, 7) is 13.4. The molecule has 0 spiro atoms. The molecule has 1 heteroatoms. The van der Waals surface area contributed by atoms with E-state index in [4.69, 9.17) is 0 Å². The fraction of sp³-hybridized carbons (Fsp3) is 1.00. The lowest BCUT2D eigenvalue weighted by Gasteiger charge is -2.31. The maximum atomic E-state index is 2.63. The maximum Gasteiger partial charge on any atom is 0.00328 e. The highest BCUT2D eigenvalue weighted by Crippen LogP contribution is 2.27. The van der Waals surface area contributed by atoms with Crippen LogP contribution in [0.4, 0.5) is 0 Å². The first-order valence-electron chi connectivity index (χ1n) is 5.72. The molecule has 0 amide bonds. The molecule has 0 aliphatic carbocycles. The van der Waals surface area contributed by atoms with Crippen molar-refractivity contribution in [3.05, 3.63) is 0 Å². The first kappa shape index (κ1) is 11.0. The van der Waals surface area contributed by atoms with Gasteiger partial charge in [-0.2, -0.15) is 0 Å². The fourth-order valence-corrected chi connectivity index (χ4v) is 2.72. The summed E-state index contributed by atoms with van der Waals surface area (Å²) in [6.07, 6.45) is 4.18. The van der Waals surface area contributed by atoms with Crippen molar-refractivity contribution in [1.29, 1.82) is 0 Å². The van der Waals surface area contributed by atoms with Crippen LogP contribution in [0.2, 0.25) is 0 Å². The van der Waals surface area contributed by atoms with Gasteiger partial charge in [0.25, 0.3) is 0 Å². The van der Waals surface area contributed by atoms with E-state index in [1.54, 1.807) is 0 Å². The number of rotatable bonds is 4. The van der Waals surface area contributed by atoms with Crippen LogP contribution >= 0.6 is 0 Å². The number of likely N-dealkylation sites (tertiary alicyclic amines) is 1. The standard InChI is InChI=1S/C12H25N/c1-11(2)9-12(3,4)10-13-7-5-6-8-13/h11H,5-10H2,1-4H3. The molecule has 1 nitrogen and oxygen atoms in total. The Morgan fingerprint density at radius 3 is 2.15 bits per heavy atom. The molecular formula is C12H25N. The van der Waals surface area contributed by atoms with Crippen LogP contribution < -0.4 is 0 Å². The number of nitrogens with zero attached hydrogens (tertiary/aromatic N) is 1. The average molecular weight is 183 g/mol. The summed E-state index contributed by atoms with van der Waals surface area (Å²) in [5.41, 5.74) is 0.512. The summed E-state index contributed by atoms with van der Waals surface area (Å²) in [6, 6.07) is 0. The minimum atomic E-state index is 0.512. The molecule has 0 aromatic carbocycles. The smallest absolute Gasteiger partial charge is 0.00328 e. The Bertz CT molecular complexity index is 143. The monoisotopic (exact) mass is 183 g/mol. The minimum Gasteiger partial charge on any atom is -0.303 e. The van der Waals surface area contributed by atoms with Gasteiger partial charge in [0.2, 0.25) is 0 Å². The van der Waals surface area contributed by atoms with E-state index in [0.717, 1.165) is 5.92 Å². The van der Waals surface area contributed by atoms with Gasteiger partial charge in [-0.25, -0.2) is 0 Å². The second-order valence-electron chi connectivity index (χ2n) is 5.75. The number of hydrogen-bond acceptors (Lipinski definition) is 1. The van der Waals surface area contributed by atoms with Crippen LogP contribution in [0.1, 0.15) is 47.0 Å². The van der Waals surface area contributed by atoms with Gasteiger partial charge in [0.15, 0.2) is 0 Å². The molecule has 1 saturated heterocycles. The van der Waals surface area contributed by atoms with Gasteiger partial charge >= 0.3 is 0 Å². The van der Waals surface area contributed by atoms with Crippen molar-refractivity contribution in [3.8, 4) is 0 Å². The van der Waals surface area contributed by atoms with Crippen LogP contribution in [0.15, 0.2) is 0 Å². The zero-order valence-corrected chi connectivity index (χ0v) is 9.77. The Morgan fingerprint density at radius 1 is 1.15 bits per heavy atom. The quantitative estimate of drug-likeness (QED) is 0.647. The van der Waals surface area contributed by atoms with Gasteiger partial charge in [-0.15, -0.1) is 0 Å². The summed E-state index contributed by atoms with van der Waals surface area (Å²) in [4.78, 5) is 2.63. The van der Waals surface area contributed by atoms with E-state index in [1.807, 2.05) is 0 Å². The van der Waals surface area contributed by atoms with Gasteiger partial charge in [0.05, 0.1) is 0 Å². The Labute approximate surface area is 83.5 Å². The van der Waals surface area contributed by atoms with Crippen molar-refractivity contribution in [2.75, 3.05) is 19.6 Å². The topological polar surface area (TPSA) is 3.24 Å². The molecule has 13 heavy (non-hydrogen) atoms. The molecule has 1 fully saturated rings. The van der Waals surface area contributed by atoms with Crippen molar-refractivity contribution in [2.45, 2.75) is 47.0 Å². The second-order valence-corrected chi connectivity index (χ2v) is 5.75. The third kappa shape index (κ3) is 4.12. The summed E-state index contributed by atoms with van der Waals surface area (Å²) in [5, 5.41) is 0. The molecule has 0 bridgehead atoms. The molecule has 0 aromatic heterocycles. The molecular weight excluding hydrogens is 158 g/mol. The third-order valence-electron chi connectivity index (χ3n) is 2.81. The zero-order valence-electron chi connectivity index (χ0n) is 9.77. The molecule has 0 saturated carbocycles. The van der Waals surface area contributed by atoms with Gasteiger partial charge in [0, 0.05) is 6.54 Å². The minimum absolute atomic E-state index is 0.512. The number of hydrogen-bond donors (Lipinski definition) is 0. The first-order chi connectivity index (χ1) is 5.99. The van der Waals surface area contributed by atoms with E-state index >= 15 is 0 Å². The lowest BCUT2D eigenvalue weighted by molar-refractivity contribution is 0.180. The largest absolute Gasteiger partial charge is 0.303 e. The van der Waals surface area contributed by atoms with E-state index in [-0.39, 0.29) is 0 Å². The molecule has 1 aliphatic rings. The van der Waals surface area contributed by atoms with E-state index < -0.39 is 0 Å². The highest BCUT2D eigenvalue weighted by Gasteiger charge is 2.24. The Hall–Kier alpha value is -0.0400. The molecule has 0 radical (unpaired) electrons. The van der Waals surface area contributed by atoms with Crippen molar-refractivity contribution in [3.63, 3.8) is 0 Å². The van der Waals surface area contributed by atoms with Crippen molar-refractivity contribution in [1.82, 2.24) is 4.90 Å². The molecule has 78 valence electrons. The van der Waals surface area contributed by atoms with E-state index in [9.17, 15) is 0 Å². The zero-order chi connectivity index (χ0) is 9.90. The van der Waals surface area contributed by atoms with Crippen LogP contribution in [0.5, 0.6) is 0 Å². The van der Waals surface area contributed by atoms with Crippen molar-refractivity contribution in [2.24, 2.45) is 11.3 Å². The highest BCUT2D eigenvalue weighted by molar-refractivity contribution is 4.77. The molecule has 0 aromatic rings. The maximum absolute atomic E-state index is 2.63. The van der Waals surface area contributed by atoms with Crippen LogP contribution in [0, 0.1) is 11.3 Å². The molecule has 0 unspecified atom stereocenters. The molecule has 1 rings (SSSR count). The molecule has 0 N–H and O–H groups in total. The normalized spacial score (nSPS) is 20.1. The van der Waals surface area contributed by atoms with E-state index in [1.165, 1.54) is 38.9 Å². The van der Waals surface area contributed by atoms with Gasteiger partial charge < -0.3 is 4.90 Å². The average Bonchev–Trinajstić information content (AvgIpc) is 2.34. The van der Waals surface area contributed by atoms with Crippen LogP contribution in [0.3, 0.4) is 0 Å². The first-order valence-corrected chi connectivity index (χ1v) is 5.72. The fourth-order valence-electron chi connectivity index (χ4n) is 2.72. The molecule has 1 aliphatic heterocycles. The predicted molar refractivity (Wildman–Crippen MR) is 58.9 cm³/mol. The summed E-state index contributed by atoms with van der Waals surface area (Å²) in [7, 11) is 0. The van der Waals surface area contributed by atoms with Crippen molar-refractivity contribution >= 4 is 0 Å². The lowest BCUT2D eigenvalue weighted by Crippen LogP contribution is -2.33. The lowest BCUT2D eigenvalue weighted by atomic mass is 9.83. The molecule has 0 atom stereocenters. The van der Waals surface area contributed by atoms with E-state index in [2.05, 4.69) is 32.6 Å². The second kappa shape index (κ2) is 4.45. The summed E-state index contributed by atoms with van der Waals surface area (Å²) in [5.74, 6) is 0.831. The van der Waals surface area contributed by atoms with Crippen LogP contribution in [0.25, 0.3) is 0 Å².